The summed E-state index contributed by atoms with van der Waals surface area (Å²) in [6, 6.07) is 8.05. The van der Waals surface area contributed by atoms with Crippen LogP contribution in [0.3, 0.4) is 0 Å². The first-order valence-electron chi connectivity index (χ1n) is 8.28. The van der Waals surface area contributed by atoms with Crippen molar-refractivity contribution in [3.63, 3.8) is 0 Å². The highest BCUT2D eigenvalue weighted by molar-refractivity contribution is 7.13. The van der Waals surface area contributed by atoms with Crippen LogP contribution in [-0.2, 0) is 13.1 Å². The Morgan fingerprint density at radius 2 is 2.04 bits per heavy atom. The predicted molar refractivity (Wildman–Crippen MR) is 106 cm³/mol. The van der Waals surface area contributed by atoms with Crippen LogP contribution in [0.2, 0.25) is 0 Å². The van der Waals surface area contributed by atoms with Crippen LogP contribution in [-0.4, -0.2) is 50.6 Å². The Morgan fingerprint density at radius 3 is 2.68 bits per heavy atom. The van der Waals surface area contributed by atoms with Gasteiger partial charge in [0.25, 0.3) is 0 Å². The highest BCUT2D eigenvalue weighted by Crippen LogP contribution is 2.20. The van der Waals surface area contributed by atoms with E-state index >= 15 is 0 Å². The Hall–Kier alpha value is -2.28. The monoisotopic (exact) mass is 361 g/mol. The van der Waals surface area contributed by atoms with Crippen molar-refractivity contribution >= 4 is 22.4 Å². The largest absolute Gasteiger partial charge is 0.496 e. The average Bonchev–Trinajstić information content (AvgIpc) is 3.08. The molecule has 0 atom stereocenters. The van der Waals surface area contributed by atoms with Gasteiger partial charge >= 0.3 is 0 Å². The fourth-order valence-corrected chi connectivity index (χ4v) is 3.11. The highest BCUT2D eigenvalue weighted by Gasteiger charge is 2.10. The lowest BCUT2D eigenvalue weighted by molar-refractivity contribution is 0.396. The molecule has 0 aliphatic carbocycles. The molecule has 0 saturated carbocycles. The van der Waals surface area contributed by atoms with E-state index in [0.717, 1.165) is 41.2 Å². The van der Waals surface area contributed by atoms with Gasteiger partial charge in [0.15, 0.2) is 11.1 Å². The van der Waals surface area contributed by atoms with Gasteiger partial charge in [-0.25, -0.2) is 9.98 Å². The number of para-hydroxylation sites is 1. The second-order valence-electron chi connectivity index (χ2n) is 5.85. The van der Waals surface area contributed by atoms with Gasteiger partial charge in [-0.1, -0.05) is 18.2 Å². The summed E-state index contributed by atoms with van der Waals surface area (Å²) in [6.07, 6.45) is 0. The normalized spacial score (nSPS) is 11.3. The number of nitrogens with one attached hydrogen (secondary N) is 1. The van der Waals surface area contributed by atoms with Gasteiger partial charge in [0.1, 0.15) is 5.75 Å². The van der Waals surface area contributed by atoms with Crippen LogP contribution in [0.1, 0.15) is 18.2 Å². The van der Waals surface area contributed by atoms with Crippen molar-refractivity contribution in [1.29, 1.82) is 0 Å². The van der Waals surface area contributed by atoms with Crippen molar-refractivity contribution in [2.24, 2.45) is 4.99 Å². The molecule has 2 rings (SSSR count). The third-order valence-electron chi connectivity index (χ3n) is 3.61. The Bertz CT molecular complexity index is 698. The highest BCUT2D eigenvalue weighted by atomic mass is 32.1. The van der Waals surface area contributed by atoms with Crippen molar-refractivity contribution in [1.82, 2.24) is 15.2 Å². The van der Waals surface area contributed by atoms with Gasteiger partial charge in [-0.05, 0) is 13.0 Å². The zero-order valence-electron chi connectivity index (χ0n) is 15.6. The molecule has 0 aliphatic rings. The molecule has 1 N–H and O–H groups in total. The number of benzene rings is 1. The zero-order valence-corrected chi connectivity index (χ0v) is 16.4. The van der Waals surface area contributed by atoms with E-state index < -0.39 is 0 Å². The molecule has 1 heterocycles. The number of thiazole rings is 1. The molecule has 0 fully saturated rings. The molecule has 0 saturated heterocycles. The van der Waals surface area contributed by atoms with Crippen molar-refractivity contribution in [2.45, 2.75) is 20.0 Å². The van der Waals surface area contributed by atoms with Gasteiger partial charge in [0, 0.05) is 45.2 Å². The lowest BCUT2D eigenvalue weighted by atomic mass is 10.2. The summed E-state index contributed by atoms with van der Waals surface area (Å²) in [5.74, 6) is 1.74. The fraction of sp³-hybridized carbons (Fsp3) is 0.444. The number of ether oxygens (including phenoxy) is 1. The van der Waals surface area contributed by atoms with Crippen LogP contribution in [0.25, 0.3) is 0 Å². The number of aliphatic imine (C=N–C) groups is 1. The van der Waals surface area contributed by atoms with E-state index in [4.69, 9.17) is 9.73 Å². The van der Waals surface area contributed by atoms with E-state index in [0.29, 0.717) is 6.54 Å². The first kappa shape index (κ1) is 19.1. The Balaban J connectivity index is 2.09. The topological polar surface area (TPSA) is 53.0 Å². The molecule has 7 heteroatoms. The van der Waals surface area contributed by atoms with Crippen molar-refractivity contribution in [3.8, 4) is 5.75 Å². The SMILES string of the molecule is CCNC(=NCc1csc(N(C)C)n1)N(C)Cc1ccccc1OC. The number of rotatable bonds is 7. The number of aromatic nitrogens is 1. The molecule has 6 nitrogen and oxygen atoms in total. The van der Waals surface area contributed by atoms with Crippen molar-refractivity contribution in [3.05, 3.63) is 40.9 Å². The maximum absolute atomic E-state index is 5.44. The van der Waals surface area contributed by atoms with Gasteiger partial charge < -0.3 is 19.9 Å². The number of guanidine groups is 1. The first-order chi connectivity index (χ1) is 12.0. The van der Waals surface area contributed by atoms with Crippen LogP contribution >= 0.6 is 11.3 Å². The molecule has 136 valence electrons. The van der Waals surface area contributed by atoms with Gasteiger partial charge in [0.2, 0.25) is 0 Å². The number of hydrogen-bond acceptors (Lipinski definition) is 5. The van der Waals surface area contributed by atoms with Gasteiger partial charge in [-0.2, -0.15) is 0 Å². The van der Waals surface area contributed by atoms with E-state index in [2.05, 4.69) is 33.6 Å². The lowest BCUT2D eigenvalue weighted by Gasteiger charge is -2.23. The van der Waals surface area contributed by atoms with Gasteiger partial charge in [0.05, 0.1) is 19.3 Å². The molecule has 1 aromatic carbocycles. The zero-order chi connectivity index (χ0) is 18.2. The molecule has 0 aliphatic heterocycles. The van der Waals surface area contributed by atoms with Crippen LogP contribution in [0.15, 0.2) is 34.6 Å². The Morgan fingerprint density at radius 1 is 1.28 bits per heavy atom. The third kappa shape index (κ3) is 5.35. The molecule has 2 aromatic rings. The second-order valence-corrected chi connectivity index (χ2v) is 6.69. The van der Waals surface area contributed by atoms with E-state index in [1.54, 1.807) is 18.4 Å². The minimum absolute atomic E-state index is 0.558. The Labute approximate surface area is 154 Å². The van der Waals surface area contributed by atoms with E-state index in [1.165, 1.54) is 0 Å². The summed E-state index contributed by atoms with van der Waals surface area (Å²) in [6.45, 7) is 4.16. The maximum Gasteiger partial charge on any atom is 0.194 e. The van der Waals surface area contributed by atoms with Crippen LogP contribution in [0.4, 0.5) is 5.13 Å². The van der Waals surface area contributed by atoms with Crippen LogP contribution < -0.4 is 15.0 Å². The summed E-state index contributed by atoms with van der Waals surface area (Å²) in [4.78, 5) is 13.4. The van der Waals surface area contributed by atoms with Gasteiger partial charge in [-0.3, -0.25) is 0 Å². The number of hydrogen-bond donors (Lipinski definition) is 1. The molecule has 0 bridgehead atoms. The summed E-state index contributed by atoms with van der Waals surface area (Å²) in [5, 5.41) is 6.40. The smallest absolute Gasteiger partial charge is 0.194 e. The van der Waals surface area contributed by atoms with Crippen LogP contribution in [0.5, 0.6) is 5.75 Å². The van der Waals surface area contributed by atoms with Crippen molar-refractivity contribution < 1.29 is 4.74 Å². The first-order valence-corrected chi connectivity index (χ1v) is 9.16. The number of methoxy groups -OCH3 is 1. The summed E-state index contributed by atoms with van der Waals surface area (Å²) in [5.41, 5.74) is 2.11. The molecule has 25 heavy (non-hydrogen) atoms. The molecular formula is C18H27N5OS. The van der Waals surface area contributed by atoms with E-state index in [-0.39, 0.29) is 0 Å². The standard InChI is InChI=1S/C18H27N5OS/c1-6-19-17(20-11-15-13-25-18(21-15)22(2)3)23(4)12-14-9-7-8-10-16(14)24-5/h7-10,13H,6,11-12H2,1-5H3,(H,19,20). The molecule has 0 unspecified atom stereocenters. The molecular weight excluding hydrogens is 334 g/mol. The number of nitrogens with zero attached hydrogens (tertiary/aromatic N) is 4. The van der Waals surface area contributed by atoms with Crippen LogP contribution in [0, 0.1) is 0 Å². The molecule has 0 amide bonds. The second kappa shape index (κ2) is 9.27. The quantitative estimate of drug-likeness (QED) is 0.607. The average molecular weight is 362 g/mol. The molecule has 0 spiro atoms. The molecule has 1 aromatic heterocycles. The Kier molecular flexibility index (Phi) is 7.06. The third-order valence-corrected chi connectivity index (χ3v) is 4.67. The lowest BCUT2D eigenvalue weighted by Crippen LogP contribution is -2.38. The van der Waals surface area contributed by atoms with Gasteiger partial charge in [-0.15, -0.1) is 11.3 Å². The van der Waals surface area contributed by atoms with E-state index in [9.17, 15) is 0 Å². The maximum atomic E-state index is 5.44. The summed E-state index contributed by atoms with van der Waals surface area (Å²) < 4.78 is 5.44. The minimum Gasteiger partial charge on any atom is -0.496 e. The number of anilines is 1. The molecule has 0 radical (unpaired) electrons. The van der Waals surface area contributed by atoms with Crippen molar-refractivity contribution in [2.75, 3.05) is 39.7 Å². The summed E-state index contributed by atoms with van der Waals surface area (Å²) >= 11 is 1.63. The predicted octanol–water partition coefficient (Wildman–Crippen LogP) is 2.82. The summed E-state index contributed by atoms with van der Waals surface area (Å²) in [7, 11) is 7.72. The fourth-order valence-electron chi connectivity index (χ4n) is 2.36. The minimum atomic E-state index is 0.558. The van der Waals surface area contributed by atoms with E-state index in [1.807, 2.05) is 44.2 Å².